The van der Waals surface area contributed by atoms with Gasteiger partial charge in [-0.1, -0.05) is 18.2 Å². The van der Waals surface area contributed by atoms with Crippen LogP contribution >= 0.6 is 11.8 Å². The summed E-state index contributed by atoms with van der Waals surface area (Å²) in [6.07, 6.45) is 1.94. The molecule has 0 N–H and O–H groups in total. The predicted molar refractivity (Wildman–Crippen MR) is 144 cm³/mol. The van der Waals surface area contributed by atoms with Gasteiger partial charge in [0.15, 0.2) is 16.9 Å². The van der Waals surface area contributed by atoms with Crippen LogP contribution in [0.2, 0.25) is 0 Å². The molecular weight excluding hydrogens is 508 g/mol. The van der Waals surface area contributed by atoms with Gasteiger partial charge >= 0.3 is 11.9 Å². The number of aryl methyl sites for hydroxylation is 1. The minimum Gasteiger partial charge on any atom is -0.493 e. The number of benzene rings is 2. The number of hydrogen-bond acceptors (Lipinski definition) is 9. The Labute approximate surface area is 224 Å². The van der Waals surface area contributed by atoms with Crippen molar-refractivity contribution in [3.8, 4) is 34.1 Å². The van der Waals surface area contributed by atoms with Gasteiger partial charge in [0.2, 0.25) is 5.75 Å². The maximum atomic E-state index is 13.4. The van der Waals surface area contributed by atoms with Gasteiger partial charge in [-0.25, -0.2) is 4.79 Å². The molecule has 0 bridgehead atoms. The zero-order valence-electron chi connectivity index (χ0n) is 21.8. The Morgan fingerprint density at radius 2 is 1.66 bits per heavy atom. The first kappa shape index (κ1) is 27.1. The number of rotatable bonds is 7. The molecule has 9 heteroatoms. The van der Waals surface area contributed by atoms with E-state index in [1.54, 1.807) is 32.4 Å². The lowest BCUT2D eigenvalue weighted by atomic mass is 9.96. The summed E-state index contributed by atoms with van der Waals surface area (Å²) in [6, 6.07) is 13.4. The molecule has 1 aliphatic rings. The van der Waals surface area contributed by atoms with Crippen molar-refractivity contribution in [3.63, 3.8) is 0 Å². The minimum atomic E-state index is -0.771. The average molecular weight is 537 g/mol. The van der Waals surface area contributed by atoms with Gasteiger partial charge in [-0.05, 0) is 60.6 Å². The Hall–Kier alpha value is -3.98. The van der Waals surface area contributed by atoms with E-state index in [0.717, 1.165) is 11.1 Å². The first-order valence-electron chi connectivity index (χ1n) is 11.9. The number of ether oxygens (including phenoxy) is 5. The number of fused-ring (bicyclic) bond motifs is 3. The largest absolute Gasteiger partial charge is 0.493 e. The highest BCUT2D eigenvalue weighted by Crippen LogP contribution is 2.50. The van der Waals surface area contributed by atoms with Crippen LogP contribution in [0.5, 0.6) is 23.0 Å². The monoisotopic (exact) mass is 536 g/mol. The lowest BCUT2D eigenvalue weighted by Gasteiger charge is -2.20. The molecule has 0 spiro atoms. The molecule has 1 aliphatic carbocycles. The van der Waals surface area contributed by atoms with Crippen LogP contribution < -0.4 is 24.4 Å². The van der Waals surface area contributed by atoms with Gasteiger partial charge in [-0.3, -0.25) is 9.59 Å². The summed E-state index contributed by atoms with van der Waals surface area (Å²) in [4.78, 5) is 38.6. The number of thioether (sulfide) groups is 1. The zero-order valence-corrected chi connectivity index (χ0v) is 22.6. The van der Waals surface area contributed by atoms with E-state index in [-0.39, 0.29) is 16.7 Å². The third-order valence-corrected chi connectivity index (χ3v) is 7.05. The number of hydrogen-bond donors (Lipinski definition) is 0. The topological polar surface area (TPSA) is 97.4 Å². The lowest BCUT2D eigenvalue weighted by molar-refractivity contribution is -0.131. The van der Waals surface area contributed by atoms with Crippen LogP contribution in [0.15, 0.2) is 58.2 Å². The fourth-order valence-corrected chi connectivity index (χ4v) is 5.09. The summed E-state index contributed by atoms with van der Waals surface area (Å²) in [6.45, 7) is 1.26. The lowest BCUT2D eigenvalue weighted by Crippen LogP contribution is -2.15. The maximum absolute atomic E-state index is 13.4. The summed E-state index contributed by atoms with van der Waals surface area (Å²) in [5.74, 6) is 0.262. The van der Waals surface area contributed by atoms with Crippen LogP contribution in [0.3, 0.4) is 0 Å². The van der Waals surface area contributed by atoms with E-state index < -0.39 is 18.0 Å². The third-order valence-electron chi connectivity index (χ3n) is 6.28. The van der Waals surface area contributed by atoms with Gasteiger partial charge in [0, 0.05) is 18.1 Å². The van der Waals surface area contributed by atoms with Crippen molar-refractivity contribution in [2.24, 2.45) is 0 Å². The average Bonchev–Trinajstić information content (AvgIpc) is 3.15. The molecule has 198 valence electrons. The van der Waals surface area contributed by atoms with E-state index in [1.807, 2.05) is 18.4 Å². The third kappa shape index (κ3) is 5.19. The second-order valence-electron chi connectivity index (χ2n) is 8.48. The zero-order chi connectivity index (χ0) is 27.4. The molecule has 0 amide bonds. The standard InChI is InChI=1S/C29H28O8S/c1-16(30)36-22-9-7-6-8-19(22)29(32)37-23-12-10-17-14-24(33-2)27(34-3)28(35-4)26(17)18-11-13-25(38-5)21(31)15-20(18)23/h6-9,11,13-15,23H,10,12H2,1-5H3/t23-/m1/s1. The van der Waals surface area contributed by atoms with Crippen molar-refractivity contribution >= 4 is 23.7 Å². The Balaban J connectivity index is 1.90. The number of carbonyl (C=O) groups is 2. The second-order valence-corrected chi connectivity index (χ2v) is 9.33. The number of para-hydroxylation sites is 1. The number of methoxy groups -OCH3 is 3. The van der Waals surface area contributed by atoms with Crippen LogP contribution in [-0.2, 0) is 16.0 Å². The molecule has 1 atom stereocenters. The Kier molecular flexibility index (Phi) is 8.26. The second kappa shape index (κ2) is 11.6. The molecule has 0 saturated heterocycles. The van der Waals surface area contributed by atoms with Crippen molar-refractivity contribution < 1.29 is 33.3 Å². The van der Waals surface area contributed by atoms with Gasteiger partial charge in [0.25, 0.3) is 0 Å². The molecule has 38 heavy (non-hydrogen) atoms. The van der Waals surface area contributed by atoms with Crippen molar-refractivity contribution in [3.05, 3.63) is 75.4 Å². The van der Waals surface area contributed by atoms with E-state index in [0.29, 0.717) is 46.1 Å². The first-order chi connectivity index (χ1) is 18.3. The van der Waals surface area contributed by atoms with E-state index in [2.05, 4.69) is 0 Å². The fourth-order valence-electron chi connectivity index (χ4n) is 4.63. The highest BCUT2D eigenvalue weighted by molar-refractivity contribution is 7.98. The summed E-state index contributed by atoms with van der Waals surface area (Å²) in [7, 11) is 4.62. The van der Waals surface area contributed by atoms with E-state index in [1.165, 1.54) is 44.0 Å². The molecule has 8 nitrogen and oxygen atoms in total. The van der Waals surface area contributed by atoms with Gasteiger partial charge in [0.1, 0.15) is 17.4 Å². The SMILES string of the molecule is COc1cc2c(c(OC)c1OC)-c1ccc(SC)c(=O)cc1[C@H](OC(=O)c1ccccc1OC(C)=O)CC2. The van der Waals surface area contributed by atoms with Crippen LogP contribution in [0, 0.1) is 0 Å². The highest BCUT2D eigenvalue weighted by atomic mass is 32.2. The molecule has 0 radical (unpaired) electrons. The minimum absolute atomic E-state index is 0.103. The van der Waals surface area contributed by atoms with Crippen molar-refractivity contribution in [1.82, 2.24) is 0 Å². The Morgan fingerprint density at radius 1 is 0.921 bits per heavy atom. The van der Waals surface area contributed by atoms with Gasteiger partial charge in [-0.15, -0.1) is 11.8 Å². The van der Waals surface area contributed by atoms with Crippen LogP contribution in [0.4, 0.5) is 0 Å². The van der Waals surface area contributed by atoms with Crippen molar-refractivity contribution in [2.75, 3.05) is 27.6 Å². The quantitative estimate of drug-likeness (QED) is 0.228. The predicted octanol–water partition coefficient (Wildman–Crippen LogP) is 5.23. The first-order valence-corrected chi connectivity index (χ1v) is 13.1. The van der Waals surface area contributed by atoms with Gasteiger partial charge in [0.05, 0.1) is 26.2 Å². The number of esters is 2. The molecule has 0 fully saturated rings. The van der Waals surface area contributed by atoms with E-state index in [4.69, 9.17) is 23.7 Å². The van der Waals surface area contributed by atoms with E-state index >= 15 is 0 Å². The van der Waals surface area contributed by atoms with Gasteiger partial charge in [-0.2, -0.15) is 0 Å². The van der Waals surface area contributed by atoms with E-state index in [9.17, 15) is 14.4 Å². The molecule has 3 aromatic carbocycles. The highest BCUT2D eigenvalue weighted by Gasteiger charge is 2.31. The molecule has 0 aliphatic heterocycles. The molecule has 0 aromatic heterocycles. The Morgan fingerprint density at radius 3 is 2.32 bits per heavy atom. The maximum Gasteiger partial charge on any atom is 0.342 e. The summed E-state index contributed by atoms with van der Waals surface area (Å²) in [5, 5.41) is 0. The molecule has 0 saturated carbocycles. The summed E-state index contributed by atoms with van der Waals surface area (Å²) in [5.41, 5.74) is 2.77. The molecule has 0 unspecified atom stereocenters. The van der Waals surface area contributed by atoms with Crippen LogP contribution in [0.25, 0.3) is 11.1 Å². The van der Waals surface area contributed by atoms with Gasteiger partial charge < -0.3 is 23.7 Å². The Bertz CT molecular complexity index is 1450. The van der Waals surface area contributed by atoms with Crippen molar-refractivity contribution in [2.45, 2.75) is 30.8 Å². The molecular formula is C29H28O8S. The molecule has 3 aromatic rings. The number of carbonyl (C=O) groups excluding carboxylic acids is 2. The molecule has 4 rings (SSSR count). The fraction of sp³-hybridized carbons (Fsp3) is 0.276. The summed E-state index contributed by atoms with van der Waals surface area (Å²) >= 11 is 1.33. The smallest absolute Gasteiger partial charge is 0.342 e. The van der Waals surface area contributed by atoms with Crippen molar-refractivity contribution in [1.29, 1.82) is 0 Å². The normalized spacial score (nSPS) is 13.9. The van der Waals surface area contributed by atoms with Crippen LogP contribution in [-0.4, -0.2) is 39.5 Å². The molecule has 0 heterocycles. The summed E-state index contributed by atoms with van der Waals surface area (Å²) < 4.78 is 28.2. The van der Waals surface area contributed by atoms with Crippen LogP contribution in [0.1, 0.15) is 40.9 Å².